The molecule has 0 saturated carbocycles. The molecule has 5 rings (SSSR count). The number of nitrogens with one attached hydrogen (secondary N) is 1. The van der Waals surface area contributed by atoms with E-state index in [1.54, 1.807) is 39.5 Å². The Morgan fingerprint density at radius 2 is 1.87 bits per heavy atom. The van der Waals surface area contributed by atoms with Crippen LogP contribution in [0.3, 0.4) is 0 Å². The van der Waals surface area contributed by atoms with E-state index in [1.165, 1.54) is 12.3 Å². The number of aromatic nitrogens is 2. The van der Waals surface area contributed by atoms with Gasteiger partial charge in [0.15, 0.2) is 0 Å². The van der Waals surface area contributed by atoms with Crippen molar-refractivity contribution in [2.24, 2.45) is 0 Å². The quantitative estimate of drug-likeness (QED) is 0.401. The van der Waals surface area contributed by atoms with Gasteiger partial charge in [0.2, 0.25) is 5.91 Å². The Labute approximate surface area is 226 Å². The van der Waals surface area contributed by atoms with Crippen molar-refractivity contribution in [3.05, 3.63) is 66.0 Å². The highest BCUT2D eigenvalue weighted by atomic mass is 32.2. The first kappa shape index (κ1) is 27.2. The van der Waals surface area contributed by atoms with Gasteiger partial charge in [-0.15, -0.1) is 4.31 Å². The van der Waals surface area contributed by atoms with Crippen LogP contribution >= 0.6 is 0 Å². The van der Waals surface area contributed by atoms with Gasteiger partial charge in [0.1, 0.15) is 28.7 Å². The minimum atomic E-state index is -4.47. The lowest BCUT2D eigenvalue weighted by atomic mass is 10.1. The standard InChI is InChI=1S/C26H26F3N5O4S/c27-26(28,29)19-3-7-23(30-15-19)32-20-4-6-22(18(14-20)17-33-9-1-2-25(33)35)38-21-5-8-24(31-16-21)39(36)34-10-12-37-13-11-34/h3-8,14-16H,1-2,9-13,17H2,(H,30,32). The van der Waals surface area contributed by atoms with Crippen LogP contribution in [0.5, 0.6) is 11.5 Å². The van der Waals surface area contributed by atoms with Crippen LogP contribution in [-0.2, 0) is 33.6 Å². The number of morpholine rings is 1. The minimum Gasteiger partial charge on any atom is -0.592 e. The molecule has 2 fully saturated rings. The highest BCUT2D eigenvalue weighted by Gasteiger charge is 2.31. The van der Waals surface area contributed by atoms with Gasteiger partial charge in [-0.1, -0.05) is 0 Å². The number of amides is 1. The Morgan fingerprint density at radius 1 is 1.05 bits per heavy atom. The lowest BCUT2D eigenvalue weighted by Crippen LogP contribution is -2.40. The predicted octanol–water partition coefficient (Wildman–Crippen LogP) is 4.51. The number of halogens is 3. The average Bonchev–Trinajstić information content (AvgIpc) is 3.34. The summed E-state index contributed by atoms with van der Waals surface area (Å²) in [6, 6.07) is 10.7. The molecular weight excluding hydrogens is 535 g/mol. The zero-order chi connectivity index (χ0) is 27.4. The van der Waals surface area contributed by atoms with Crippen molar-refractivity contribution >= 4 is 28.8 Å². The third-order valence-corrected chi connectivity index (χ3v) is 7.71. The molecule has 4 heterocycles. The molecular formula is C26H26F3N5O4S. The molecule has 206 valence electrons. The van der Waals surface area contributed by atoms with Crippen LogP contribution in [0.4, 0.5) is 24.7 Å². The van der Waals surface area contributed by atoms with Gasteiger partial charge in [-0.25, -0.2) is 9.97 Å². The molecule has 0 spiro atoms. The van der Waals surface area contributed by atoms with E-state index in [0.29, 0.717) is 73.6 Å². The smallest absolute Gasteiger partial charge is 0.417 e. The van der Waals surface area contributed by atoms with E-state index in [9.17, 15) is 22.5 Å². The number of benzene rings is 1. The van der Waals surface area contributed by atoms with Crippen molar-refractivity contribution in [1.82, 2.24) is 19.2 Å². The van der Waals surface area contributed by atoms with Crippen LogP contribution in [0.2, 0.25) is 0 Å². The molecule has 2 aliphatic rings. The summed E-state index contributed by atoms with van der Waals surface area (Å²) in [5.41, 5.74) is 0.437. The molecule has 2 saturated heterocycles. The van der Waals surface area contributed by atoms with Crippen molar-refractivity contribution in [2.75, 3.05) is 38.2 Å². The maximum Gasteiger partial charge on any atom is 0.417 e. The summed E-state index contributed by atoms with van der Waals surface area (Å²) >= 11 is -1.40. The van der Waals surface area contributed by atoms with Gasteiger partial charge >= 0.3 is 6.18 Å². The van der Waals surface area contributed by atoms with Crippen LogP contribution in [0.1, 0.15) is 24.0 Å². The molecule has 0 aliphatic carbocycles. The molecule has 39 heavy (non-hydrogen) atoms. The second-order valence-corrected chi connectivity index (χ2v) is 10.5. The highest BCUT2D eigenvalue weighted by molar-refractivity contribution is 7.89. The number of rotatable bonds is 8. The number of likely N-dealkylation sites (tertiary alicyclic amines) is 1. The number of nitrogens with zero attached hydrogens (tertiary/aromatic N) is 4. The lowest BCUT2D eigenvalue weighted by molar-refractivity contribution is -0.137. The van der Waals surface area contributed by atoms with E-state index in [2.05, 4.69) is 15.3 Å². The van der Waals surface area contributed by atoms with Crippen LogP contribution < -0.4 is 10.1 Å². The number of carbonyl (C=O) groups is 1. The summed E-state index contributed by atoms with van der Waals surface area (Å²) < 4.78 is 64.6. The molecule has 2 aliphatic heterocycles. The second kappa shape index (κ2) is 11.8. The normalized spacial score (nSPS) is 17.3. The van der Waals surface area contributed by atoms with Crippen molar-refractivity contribution in [3.8, 4) is 11.5 Å². The van der Waals surface area contributed by atoms with Gasteiger partial charge in [-0.2, -0.15) is 13.2 Å². The summed E-state index contributed by atoms with van der Waals surface area (Å²) in [6.07, 6.45) is -0.947. The number of alkyl halides is 3. The fourth-order valence-electron chi connectivity index (χ4n) is 4.24. The Balaban J connectivity index is 1.33. The zero-order valence-corrected chi connectivity index (χ0v) is 21.6. The second-order valence-electron chi connectivity index (χ2n) is 9.02. The van der Waals surface area contributed by atoms with Crippen molar-refractivity contribution in [2.45, 2.75) is 30.6 Å². The van der Waals surface area contributed by atoms with Gasteiger partial charge < -0.3 is 24.2 Å². The Bertz CT molecular complexity index is 1290. The molecule has 1 N–H and O–H groups in total. The van der Waals surface area contributed by atoms with E-state index in [-0.39, 0.29) is 11.7 Å². The van der Waals surface area contributed by atoms with E-state index in [0.717, 1.165) is 18.7 Å². The highest BCUT2D eigenvalue weighted by Crippen LogP contribution is 2.32. The van der Waals surface area contributed by atoms with Gasteiger partial charge in [0.05, 0.1) is 38.1 Å². The first-order valence-corrected chi connectivity index (χ1v) is 13.5. The Hall–Kier alpha value is -3.39. The molecule has 13 heteroatoms. The van der Waals surface area contributed by atoms with Gasteiger partial charge in [0, 0.05) is 43.0 Å². The fraction of sp³-hybridized carbons (Fsp3) is 0.346. The maximum atomic E-state index is 12.9. The summed E-state index contributed by atoms with van der Waals surface area (Å²) in [5.74, 6) is 1.20. The largest absolute Gasteiger partial charge is 0.592 e. The topological polar surface area (TPSA) is 103 Å². The molecule has 0 radical (unpaired) electrons. The van der Waals surface area contributed by atoms with Crippen LogP contribution in [-0.4, -0.2) is 62.5 Å². The Kier molecular flexibility index (Phi) is 8.21. The molecule has 1 amide bonds. The summed E-state index contributed by atoms with van der Waals surface area (Å²) in [4.78, 5) is 22.2. The average molecular weight is 562 g/mol. The number of pyridine rings is 2. The SMILES string of the molecule is O=C1CCCN1Cc1cc(Nc2ccc(C(F)(F)F)cn2)ccc1Oc1ccc([S+]([O-])N2CCOCC2)nc1. The summed E-state index contributed by atoms with van der Waals surface area (Å²) in [7, 11) is 0. The lowest BCUT2D eigenvalue weighted by Gasteiger charge is -2.26. The first-order valence-electron chi connectivity index (χ1n) is 12.4. The molecule has 2 aromatic heterocycles. The first-order chi connectivity index (χ1) is 18.8. The van der Waals surface area contributed by atoms with E-state index in [1.807, 2.05) is 0 Å². The van der Waals surface area contributed by atoms with Gasteiger partial charge in [-0.3, -0.25) is 4.79 Å². The number of hydrogen-bond donors (Lipinski definition) is 1. The molecule has 9 nitrogen and oxygen atoms in total. The number of anilines is 2. The molecule has 1 aromatic carbocycles. The third kappa shape index (κ3) is 6.79. The molecule has 1 unspecified atom stereocenters. The minimum absolute atomic E-state index is 0.0420. The Morgan fingerprint density at radius 3 is 2.51 bits per heavy atom. The van der Waals surface area contributed by atoms with Crippen LogP contribution in [0, 0.1) is 0 Å². The van der Waals surface area contributed by atoms with Crippen molar-refractivity contribution in [3.63, 3.8) is 0 Å². The molecule has 3 aromatic rings. The third-order valence-electron chi connectivity index (χ3n) is 6.28. The summed E-state index contributed by atoms with van der Waals surface area (Å²) in [6.45, 7) is 3.10. The fourth-order valence-corrected chi connectivity index (χ4v) is 5.32. The van der Waals surface area contributed by atoms with Crippen LogP contribution in [0.25, 0.3) is 0 Å². The van der Waals surface area contributed by atoms with Crippen LogP contribution in [0.15, 0.2) is 59.9 Å². The van der Waals surface area contributed by atoms with Gasteiger partial charge in [0.25, 0.3) is 5.03 Å². The van der Waals surface area contributed by atoms with E-state index < -0.39 is 23.1 Å². The number of carbonyl (C=O) groups excluding carboxylic acids is 1. The monoisotopic (exact) mass is 561 g/mol. The van der Waals surface area contributed by atoms with Crippen molar-refractivity contribution in [1.29, 1.82) is 0 Å². The predicted molar refractivity (Wildman–Crippen MR) is 137 cm³/mol. The number of ether oxygens (including phenoxy) is 2. The van der Waals surface area contributed by atoms with E-state index >= 15 is 0 Å². The zero-order valence-electron chi connectivity index (χ0n) is 20.8. The van der Waals surface area contributed by atoms with E-state index in [4.69, 9.17) is 9.47 Å². The molecule has 0 bridgehead atoms. The van der Waals surface area contributed by atoms with Gasteiger partial charge in [-0.05, 0) is 42.8 Å². The van der Waals surface area contributed by atoms with Crippen molar-refractivity contribution < 1.29 is 32.0 Å². The maximum absolute atomic E-state index is 12.9. The number of hydrogen-bond acceptors (Lipinski definition) is 8. The summed E-state index contributed by atoms with van der Waals surface area (Å²) in [5, 5.41) is 3.42. The molecule has 1 atom stereocenters.